The Bertz CT molecular complexity index is 709. The van der Waals surface area contributed by atoms with E-state index in [1.807, 2.05) is 50.4 Å². The second kappa shape index (κ2) is 10.7. The Hall–Kier alpha value is -2.33. The molecular weight excluding hydrogens is 336 g/mol. The summed E-state index contributed by atoms with van der Waals surface area (Å²) in [5.41, 5.74) is 3.11. The van der Waals surface area contributed by atoms with Gasteiger partial charge >= 0.3 is 0 Å². The number of nitrogens with zero attached hydrogens (tertiary/aromatic N) is 2. The summed E-state index contributed by atoms with van der Waals surface area (Å²) in [5.74, 6) is 0.968. The lowest BCUT2D eigenvalue weighted by Gasteiger charge is -2.19. The van der Waals surface area contributed by atoms with Gasteiger partial charge in [0, 0.05) is 25.7 Å². The zero-order valence-electron chi connectivity index (χ0n) is 17.1. The van der Waals surface area contributed by atoms with Gasteiger partial charge < -0.3 is 9.64 Å². The second-order valence-electron chi connectivity index (χ2n) is 6.85. The molecule has 0 saturated carbocycles. The van der Waals surface area contributed by atoms with Crippen LogP contribution in [0.2, 0.25) is 0 Å². The van der Waals surface area contributed by atoms with E-state index in [2.05, 4.69) is 30.9 Å². The lowest BCUT2D eigenvalue weighted by molar-refractivity contribution is 0.0788. The molecule has 0 unspecified atom stereocenters. The quantitative estimate of drug-likeness (QED) is 0.584. The molecule has 0 heterocycles. The first-order valence-electron chi connectivity index (χ1n) is 9.80. The van der Waals surface area contributed by atoms with E-state index in [4.69, 9.17) is 4.74 Å². The molecule has 2 aromatic carbocycles. The highest BCUT2D eigenvalue weighted by Crippen LogP contribution is 2.16. The molecule has 4 heteroatoms. The van der Waals surface area contributed by atoms with Crippen molar-refractivity contribution in [1.82, 2.24) is 9.80 Å². The third-order valence-electron chi connectivity index (χ3n) is 4.84. The first-order valence-corrected chi connectivity index (χ1v) is 9.80. The van der Waals surface area contributed by atoms with Crippen LogP contribution in [-0.4, -0.2) is 49.0 Å². The molecule has 0 aromatic heterocycles. The van der Waals surface area contributed by atoms with E-state index in [1.54, 1.807) is 4.90 Å². The predicted octanol–water partition coefficient (Wildman–Crippen LogP) is 4.38. The fraction of sp³-hybridized carbons (Fsp3) is 0.435. The summed E-state index contributed by atoms with van der Waals surface area (Å²) in [6.07, 6.45) is 0.802. The molecule has 0 radical (unpaired) electrons. The van der Waals surface area contributed by atoms with Gasteiger partial charge in [-0.2, -0.15) is 0 Å². The minimum Gasteiger partial charge on any atom is -0.493 e. The van der Waals surface area contributed by atoms with Crippen molar-refractivity contribution in [1.29, 1.82) is 0 Å². The van der Waals surface area contributed by atoms with Crippen molar-refractivity contribution < 1.29 is 9.53 Å². The molecule has 0 aliphatic carbocycles. The third kappa shape index (κ3) is 6.40. The number of ether oxygens (including phenoxy) is 1. The summed E-state index contributed by atoms with van der Waals surface area (Å²) in [4.78, 5) is 16.7. The summed E-state index contributed by atoms with van der Waals surface area (Å²) in [6, 6.07) is 16.0. The van der Waals surface area contributed by atoms with Gasteiger partial charge in [0.2, 0.25) is 0 Å². The van der Waals surface area contributed by atoms with Crippen molar-refractivity contribution >= 4 is 5.91 Å². The largest absolute Gasteiger partial charge is 0.493 e. The van der Waals surface area contributed by atoms with Gasteiger partial charge in [-0.3, -0.25) is 9.69 Å². The lowest BCUT2D eigenvalue weighted by atomic mass is 10.1. The number of carbonyl (C=O) groups is 1. The maximum atomic E-state index is 12.6. The van der Waals surface area contributed by atoms with Gasteiger partial charge in [0.15, 0.2) is 0 Å². The number of rotatable bonds is 10. The van der Waals surface area contributed by atoms with Gasteiger partial charge in [0.25, 0.3) is 5.91 Å². The van der Waals surface area contributed by atoms with E-state index in [0.717, 1.165) is 42.9 Å². The number of hydrogen-bond acceptors (Lipinski definition) is 3. The highest BCUT2D eigenvalue weighted by molar-refractivity contribution is 5.94. The molecule has 4 nitrogen and oxygen atoms in total. The fourth-order valence-electron chi connectivity index (χ4n) is 2.98. The Morgan fingerprint density at radius 2 is 1.67 bits per heavy atom. The van der Waals surface area contributed by atoms with Gasteiger partial charge in [-0.15, -0.1) is 0 Å². The summed E-state index contributed by atoms with van der Waals surface area (Å²) < 4.78 is 5.80. The zero-order chi connectivity index (χ0) is 19.6. The van der Waals surface area contributed by atoms with Gasteiger partial charge in [0.05, 0.1) is 6.61 Å². The average Bonchev–Trinajstić information content (AvgIpc) is 2.70. The Balaban J connectivity index is 1.79. The van der Waals surface area contributed by atoms with Crippen LogP contribution in [0, 0.1) is 6.92 Å². The molecule has 2 rings (SSSR count). The monoisotopic (exact) mass is 368 g/mol. The van der Waals surface area contributed by atoms with Gasteiger partial charge in [-0.1, -0.05) is 44.2 Å². The molecule has 0 atom stereocenters. The highest BCUT2D eigenvalue weighted by atomic mass is 16.5. The Labute approximate surface area is 163 Å². The van der Waals surface area contributed by atoms with Crippen molar-refractivity contribution in [3.05, 3.63) is 65.2 Å². The molecular formula is C23H32N2O2. The van der Waals surface area contributed by atoms with Gasteiger partial charge in [-0.25, -0.2) is 0 Å². The van der Waals surface area contributed by atoms with Gasteiger partial charge in [-0.05, 0) is 55.8 Å². The number of hydrogen-bond donors (Lipinski definition) is 0. The highest BCUT2D eigenvalue weighted by Gasteiger charge is 2.12. The molecule has 0 aliphatic rings. The maximum absolute atomic E-state index is 12.6. The molecule has 0 aliphatic heterocycles. The van der Waals surface area contributed by atoms with Crippen molar-refractivity contribution in [2.45, 2.75) is 33.7 Å². The van der Waals surface area contributed by atoms with Crippen molar-refractivity contribution in [2.75, 3.05) is 33.3 Å². The van der Waals surface area contributed by atoms with Crippen molar-refractivity contribution in [3.63, 3.8) is 0 Å². The van der Waals surface area contributed by atoms with E-state index in [0.29, 0.717) is 13.2 Å². The SMILES string of the molecule is CCN(CC)Cc1ccc(C(=O)N(C)CCCOc2ccccc2C)cc1. The first kappa shape index (κ1) is 21.0. The van der Waals surface area contributed by atoms with E-state index in [9.17, 15) is 4.79 Å². The van der Waals surface area contributed by atoms with Crippen LogP contribution in [0.15, 0.2) is 48.5 Å². The normalized spacial score (nSPS) is 10.9. The van der Waals surface area contributed by atoms with Gasteiger partial charge in [0.1, 0.15) is 5.75 Å². The molecule has 27 heavy (non-hydrogen) atoms. The minimum absolute atomic E-state index is 0.0558. The van der Waals surface area contributed by atoms with Crippen LogP contribution in [0.5, 0.6) is 5.75 Å². The lowest BCUT2D eigenvalue weighted by Crippen LogP contribution is -2.28. The van der Waals surface area contributed by atoms with E-state index in [1.165, 1.54) is 5.56 Å². The van der Waals surface area contributed by atoms with Crippen molar-refractivity contribution in [2.24, 2.45) is 0 Å². The number of aryl methyl sites for hydroxylation is 1. The summed E-state index contributed by atoms with van der Waals surface area (Å²) in [6.45, 7) is 10.6. The Kier molecular flexibility index (Phi) is 8.34. The van der Waals surface area contributed by atoms with Crippen LogP contribution in [0.4, 0.5) is 0 Å². The molecule has 0 fully saturated rings. The number of carbonyl (C=O) groups excluding carboxylic acids is 1. The smallest absolute Gasteiger partial charge is 0.253 e. The van der Waals surface area contributed by atoms with Crippen LogP contribution in [0.3, 0.4) is 0 Å². The average molecular weight is 369 g/mol. The Morgan fingerprint density at radius 1 is 1.00 bits per heavy atom. The molecule has 0 N–H and O–H groups in total. The molecule has 146 valence electrons. The van der Waals surface area contributed by atoms with E-state index < -0.39 is 0 Å². The molecule has 0 saturated heterocycles. The standard InChI is InChI=1S/C23H32N2O2/c1-5-25(6-2)18-20-12-14-21(15-13-20)23(26)24(4)16-9-17-27-22-11-8-7-10-19(22)3/h7-8,10-15H,5-6,9,16-18H2,1-4H3. The van der Waals surface area contributed by atoms with Crippen LogP contribution < -0.4 is 4.74 Å². The predicted molar refractivity (Wildman–Crippen MR) is 111 cm³/mol. The molecule has 0 bridgehead atoms. The first-order chi connectivity index (χ1) is 13.0. The second-order valence-corrected chi connectivity index (χ2v) is 6.85. The summed E-state index contributed by atoms with van der Waals surface area (Å²) >= 11 is 0. The van der Waals surface area contributed by atoms with Crippen LogP contribution in [0.1, 0.15) is 41.8 Å². The third-order valence-corrected chi connectivity index (χ3v) is 4.84. The topological polar surface area (TPSA) is 32.8 Å². The zero-order valence-corrected chi connectivity index (χ0v) is 17.1. The fourth-order valence-corrected chi connectivity index (χ4v) is 2.98. The number of amides is 1. The molecule has 2 aromatic rings. The van der Waals surface area contributed by atoms with Crippen LogP contribution in [-0.2, 0) is 6.54 Å². The Morgan fingerprint density at radius 3 is 2.30 bits per heavy atom. The minimum atomic E-state index is 0.0558. The van der Waals surface area contributed by atoms with Crippen LogP contribution >= 0.6 is 0 Å². The molecule has 1 amide bonds. The summed E-state index contributed by atoms with van der Waals surface area (Å²) in [5, 5.41) is 0. The summed E-state index contributed by atoms with van der Waals surface area (Å²) in [7, 11) is 1.85. The van der Waals surface area contributed by atoms with E-state index in [-0.39, 0.29) is 5.91 Å². The number of para-hydroxylation sites is 1. The number of benzene rings is 2. The molecule has 0 spiro atoms. The van der Waals surface area contributed by atoms with Crippen molar-refractivity contribution in [3.8, 4) is 5.75 Å². The van der Waals surface area contributed by atoms with Crippen LogP contribution in [0.25, 0.3) is 0 Å². The maximum Gasteiger partial charge on any atom is 0.253 e. The van der Waals surface area contributed by atoms with E-state index >= 15 is 0 Å².